The average Bonchev–Trinajstić information content (AvgIpc) is 2.69. The second-order valence-electron chi connectivity index (χ2n) is 7.54. The van der Waals surface area contributed by atoms with Gasteiger partial charge in [0.05, 0.1) is 15.8 Å². The summed E-state index contributed by atoms with van der Waals surface area (Å²) in [5, 5.41) is 5.49. The van der Waals surface area contributed by atoms with Gasteiger partial charge in [-0.25, -0.2) is 4.68 Å². The van der Waals surface area contributed by atoms with Crippen molar-refractivity contribution in [2.24, 2.45) is 0 Å². The molecule has 6 heteroatoms. The Bertz CT molecular complexity index is 490. The van der Waals surface area contributed by atoms with Gasteiger partial charge in [0.2, 0.25) is 0 Å². The van der Waals surface area contributed by atoms with Gasteiger partial charge in [0.25, 0.3) is 0 Å². The van der Waals surface area contributed by atoms with Crippen LogP contribution in [0, 0.1) is 3.57 Å². The van der Waals surface area contributed by atoms with E-state index >= 15 is 0 Å². The maximum atomic E-state index is 6.54. The maximum Gasteiger partial charge on any atom is 0.192 e. The van der Waals surface area contributed by atoms with Gasteiger partial charge in [-0.1, -0.05) is 32.4 Å². The van der Waals surface area contributed by atoms with E-state index in [0.717, 1.165) is 34.4 Å². The molecule has 0 radical (unpaired) electrons. The van der Waals surface area contributed by atoms with Gasteiger partial charge in [0.15, 0.2) is 8.32 Å². The van der Waals surface area contributed by atoms with Crippen LogP contribution in [0.15, 0.2) is 6.20 Å². The zero-order valence-electron chi connectivity index (χ0n) is 13.6. The van der Waals surface area contributed by atoms with Crippen LogP contribution < -0.4 is 0 Å². The largest absolute Gasteiger partial charge is 0.414 e. The Hall–Kier alpha value is 0.407. The highest BCUT2D eigenvalue weighted by molar-refractivity contribution is 14.1. The quantitative estimate of drug-likeness (QED) is 0.449. The van der Waals surface area contributed by atoms with E-state index < -0.39 is 8.32 Å². The molecule has 3 nitrogen and oxygen atoms in total. The van der Waals surface area contributed by atoms with Gasteiger partial charge < -0.3 is 4.43 Å². The van der Waals surface area contributed by atoms with Crippen molar-refractivity contribution >= 4 is 42.5 Å². The highest BCUT2D eigenvalue weighted by atomic mass is 127. The third-order valence-electron chi connectivity index (χ3n) is 4.95. The summed E-state index contributed by atoms with van der Waals surface area (Å²) in [6, 6.07) is 0.431. The lowest BCUT2D eigenvalue weighted by atomic mass is 9.93. The van der Waals surface area contributed by atoms with Crippen LogP contribution in [-0.4, -0.2) is 24.2 Å². The Morgan fingerprint density at radius 2 is 1.86 bits per heavy atom. The van der Waals surface area contributed by atoms with E-state index in [-0.39, 0.29) is 5.04 Å². The standard InChI is InChI=1S/C15H26ClIN2OSi/c1-15(2,3)21(4,5)20-12-8-6-11(7-9-12)19-14(16)13(17)10-18-19/h10-12H,6-9H2,1-5H3/t11-,12-. The van der Waals surface area contributed by atoms with Crippen LogP contribution in [0.4, 0.5) is 0 Å². The van der Waals surface area contributed by atoms with Crippen LogP contribution in [0.2, 0.25) is 23.3 Å². The van der Waals surface area contributed by atoms with Crippen molar-refractivity contribution in [3.8, 4) is 0 Å². The fraction of sp³-hybridized carbons (Fsp3) is 0.800. The third-order valence-corrected chi connectivity index (χ3v) is 11.0. The van der Waals surface area contributed by atoms with E-state index in [0.29, 0.717) is 12.1 Å². The van der Waals surface area contributed by atoms with Gasteiger partial charge in [-0.15, -0.1) is 0 Å². The third kappa shape index (κ3) is 4.03. The molecule has 120 valence electrons. The predicted molar refractivity (Wildman–Crippen MR) is 99.5 cm³/mol. The van der Waals surface area contributed by atoms with Crippen molar-refractivity contribution in [2.75, 3.05) is 0 Å². The number of nitrogens with zero attached hydrogens (tertiary/aromatic N) is 2. The van der Waals surface area contributed by atoms with Crippen molar-refractivity contribution < 1.29 is 4.43 Å². The molecule has 2 rings (SSSR count). The van der Waals surface area contributed by atoms with E-state index in [2.05, 4.69) is 61.6 Å². The molecule has 1 aromatic rings. The summed E-state index contributed by atoms with van der Waals surface area (Å²) in [6.07, 6.45) is 6.71. The minimum Gasteiger partial charge on any atom is -0.414 e. The molecule has 0 aromatic carbocycles. The normalized spacial score (nSPS) is 24.3. The van der Waals surface area contributed by atoms with Crippen LogP contribution in [0.3, 0.4) is 0 Å². The summed E-state index contributed by atoms with van der Waals surface area (Å²) in [5.41, 5.74) is 0. The van der Waals surface area contributed by atoms with E-state index in [1.54, 1.807) is 0 Å². The molecule has 0 amide bonds. The van der Waals surface area contributed by atoms with Crippen LogP contribution in [0.1, 0.15) is 52.5 Å². The number of hydrogen-bond acceptors (Lipinski definition) is 2. The molecule has 0 saturated heterocycles. The van der Waals surface area contributed by atoms with Gasteiger partial charge in [-0.2, -0.15) is 5.10 Å². The van der Waals surface area contributed by atoms with E-state index in [9.17, 15) is 0 Å². The van der Waals surface area contributed by atoms with Crippen LogP contribution in [0.25, 0.3) is 0 Å². The molecule has 21 heavy (non-hydrogen) atoms. The first-order valence-electron chi connectivity index (χ1n) is 7.68. The summed E-state index contributed by atoms with van der Waals surface area (Å²) in [6.45, 7) is 11.6. The van der Waals surface area contributed by atoms with Gasteiger partial charge in [0.1, 0.15) is 5.15 Å². The Balaban J connectivity index is 1.94. The van der Waals surface area contributed by atoms with Crippen molar-refractivity contribution in [2.45, 2.75) is 76.7 Å². The molecule has 1 heterocycles. The van der Waals surface area contributed by atoms with Crippen molar-refractivity contribution in [1.82, 2.24) is 9.78 Å². The molecule has 1 fully saturated rings. The fourth-order valence-corrected chi connectivity index (χ4v) is 4.61. The first-order valence-corrected chi connectivity index (χ1v) is 12.0. The van der Waals surface area contributed by atoms with Crippen LogP contribution in [0.5, 0.6) is 0 Å². The Morgan fingerprint density at radius 3 is 2.29 bits per heavy atom. The monoisotopic (exact) mass is 440 g/mol. The summed E-state index contributed by atoms with van der Waals surface area (Å²) in [5.74, 6) is 0. The van der Waals surface area contributed by atoms with Crippen molar-refractivity contribution in [3.05, 3.63) is 14.9 Å². The molecule has 0 N–H and O–H groups in total. The van der Waals surface area contributed by atoms with Crippen LogP contribution >= 0.6 is 34.2 Å². The molecule has 0 unspecified atom stereocenters. The smallest absolute Gasteiger partial charge is 0.192 e. The highest BCUT2D eigenvalue weighted by Gasteiger charge is 2.40. The van der Waals surface area contributed by atoms with E-state index in [4.69, 9.17) is 16.0 Å². The summed E-state index contributed by atoms with van der Waals surface area (Å²) >= 11 is 8.55. The predicted octanol–water partition coefficient (Wildman–Crippen LogP) is 5.65. The minimum atomic E-state index is -1.65. The SMILES string of the molecule is CC(C)(C)[Si](C)(C)O[C@H]1CC[C@H](n2ncc(I)c2Cl)CC1. The van der Waals surface area contributed by atoms with Crippen molar-refractivity contribution in [1.29, 1.82) is 0 Å². The maximum absolute atomic E-state index is 6.54. The van der Waals surface area contributed by atoms with Crippen LogP contribution in [-0.2, 0) is 4.43 Å². The van der Waals surface area contributed by atoms with Crippen molar-refractivity contribution in [3.63, 3.8) is 0 Å². The lowest BCUT2D eigenvalue weighted by molar-refractivity contribution is 0.115. The van der Waals surface area contributed by atoms with E-state index in [1.165, 1.54) is 0 Å². The first-order chi connectivity index (χ1) is 9.62. The topological polar surface area (TPSA) is 27.1 Å². The molecule has 0 aliphatic heterocycles. The van der Waals surface area contributed by atoms with Gasteiger partial charge in [-0.3, -0.25) is 0 Å². The Kier molecular flexibility index (Phi) is 5.49. The minimum absolute atomic E-state index is 0.283. The highest BCUT2D eigenvalue weighted by Crippen LogP contribution is 2.40. The second kappa shape index (κ2) is 6.49. The van der Waals surface area contributed by atoms with Gasteiger partial charge >= 0.3 is 0 Å². The zero-order valence-corrected chi connectivity index (χ0v) is 17.5. The lowest BCUT2D eigenvalue weighted by Crippen LogP contribution is -2.44. The summed E-state index contributed by atoms with van der Waals surface area (Å²) in [7, 11) is -1.65. The molecule has 1 saturated carbocycles. The van der Waals surface area contributed by atoms with E-state index in [1.807, 2.05) is 10.9 Å². The Morgan fingerprint density at radius 1 is 1.29 bits per heavy atom. The fourth-order valence-electron chi connectivity index (χ4n) is 2.58. The molecular weight excluding hydrogens is 415 g/mol. The van der Waals surface area contributed by atoms with Gasteiger partial charge in [-0.05, 0) is 66.4 Å². The molecule has 0 spiro atoms. The Labute approximate surface area is 148 Å². The second-order valence-corrected chi connectivity index (χ2v) is 13.8. The first kappa shape index (κ1) is 17.8. The summed E-state index contributed by atoms with van der Waals surface area (Å²) < 4.78 is 9.57. The molecular formula is C15H26ClIN2OSi. The average molecular weight is 441 g/mol. The molecule has 1 aromatic heterocycles. The lowest BCUT2D eigenvalue weighted by Gasteiger charge is -2.41. The van der Waals surface area contributed by atoms with Gasteiger partial charge in [0, 0.05) is 6.10 Å². The number of hydrogen-bond donors (Lipinski definition) is 0. The number of halogens is 2. The number of aromatic nitrogens is 2. The molecule has 0 atom stereocenters. The molecule has 1 aliphatic carbocycles. The molecule has 0 bridgehead atoms. The summed E-state index contributed by atoms with van der Waals surface area (Å²) in [4.78, 5) is 0. The number of rotatable bonds is 3. The molecule has 1 aliphatic rings. The zero-order chi connectivity index (χ0) is 15.8.